The van der Waals surface area contributed by atoms with Gasteiger partial charge in [-0.1, -0.05) is 20.3 Å². The summed E-state index contributed by atoms with van der Waals surface area (Å²) >= 11 is 0. The van der Waals surface area contributed by atoms with Crippen molar-refractivity contribution in [2.24, 2.45) is 0 Å². The monoisotopic (exact) mass is 402 g/mol. The number of carboxylic acid groups (broad SMARTS) is 2. The van der Waals surface area contributed by atoms with E-state index in [4.69, 9.17) is 19.7 Å². The van der Waals surface area contributed by atoms with Crippen molar-refractivity contribution < 1.29 is 38.9 Å². The molecule has 162 valence electrons. The molecule has 0 saturated heterocycles. The van der Waals surface area contributed by atoms with Crippen LogP contribution in [0.25, 0.3) is 0 Å². The second-order valence-corrected chi connectivity index (χ2v) is 6.98. The first-order valence-corrected chi connectivity index (χ1v) is 10.1. The fraction of sp³-hybridized carbons (Fsp3) is 0.800. The zero-order chi connectivity index (χ0) is 21.4. The summed E-state index contributed by atoms with van der Waals surface area (Å²) < 4.78 is 11.0. The molecule has 0 amide bonds. The Morgan fingerprint density at radius 1 is 0.750 bits per heavy atom. The van der Waals surface area contributed by atoms with E-state index in [9.17, 15) is 19.2 Å². The number of hydrogen-bond donors (Lipinski definition) is 2. The van der Waals surface area contributed by atoms with Gasteiger partial charge in [-0.25, -0.2) is 0 Å². The number of carboxylic acids is 2. The van der Waals surface area contributed by atoms with Gasteiger partial charge in [-0.3, -0.25) is 19.2 Å². The third-order valence-corrected chi connectivity index (χ3v) is 4.50. The van der Waals surface area contributed by atoms with Crippen LogP contribution in [-0.4, -0.2) is 46.3 Å². The van der Waals surface area contributed by atoms with Crippen molar-refractivity contribution in [3.05, 3.63) is 0 Å². The Hall–Kier alpha value is -2.12. The molecule has 1 atom stereocenters. The van der Waals surface area contributed by atoms with Crippen molar-refractivity contribution in [3.63, 3.8) is 0 Å². The molecule has 8 nitrogen and oxygen atoms in total. The maximum Gasteiger partial charge on any atom is 0.306 e. The van der Waals surface area contributed by atoms with E-state index in [0.29, 0.717) is 38.5 Å². The minimum atomic E-state index is -0.895. The van der Waals surface area contributed by atoms with Crippen LogP contribution in [0.1, 0.15) is 90.9 Å². The van der Waals surface area contributed by atoms with Crippen LogP contribution in [0.2, 0.25) is 0 Å². The molecule has 0 aromatic carbocycles. The molecule has 0 spiro atoms. The first kappa shape index (κ1) is 25.9. The van der Waals surface area contributed by atoms with Crippen molar-refractivity contribution >= 4 is 23.9 Å². The van der Waals surface area contributed by atoms with Gasteiger partial charge in [0.15, 0.2) is 0 Å². The lowest BCUT2D eigenvalue weighted by molar-refractivity contribution is -0.175. The summed E-state index contributed by atoms with van der Waals surface area (Å²) in [5.41, 5.74) is -0.878. The smallest absolute Gasteiger partial charge is 0.306 e. The van der Waals surface area contributed by atoms with Crippen LogP contribution >= 0.6 is 0 Å². The van der Waals surface area contributed by atoms with Crippen LogP contribution in [0.5, 0.6) is 0 Å². The number of unbranched alkanes of at least 4 members (excludes halogenated alkanes) is 3. The van der Waals surface area contributed by atoms with Gasteiger partial charge in [0, 0.05) is 25.7 Å². The lowest BCUT2D eigenvalue weighted by atomic mass is 9.94. The van der Waals surface area contributed by atoms with Crippen LogP contribution in [0.3, 0.4) is 0 Å². The molecule has 8 heteroatoms. The molecule has 0 bridgehead atoms. The fourth-order valence-electron chi connectivity index (χ4n) is 2.67. The first-order chi connectivity index (χ1) is 13.2. The zero-order valence-corrected chi connectivity index (χ0v) is 17.0. The van der Waals surface area contributed by atoms with E-state index < -0.39 is 29.5 Å². The maximum absolute atomic E-state index is 12.2. The number of aliphatic carboxylic acids is 2. The molecule has 0 aromatic heterocycles. The molecule has 0 saturated carbocycles. The predicted octanol–water partition coefficient (Wildman–Crippen LogP) is 3.70. The third kappa shape index (κ3) is 13.1. The van der Waals surface area contributed by atoms with Crippen LogP contribution in [-0.2, 0) is 28.7 Å². The molecule has 0 rings (SSSR count). The lowest BCUT2D eigenvalue weighted by Crippen LogP contribution is -2.40. The highest BCUT2D eigenvalue weighted by Gasteiger charge is 2.33. The first-order valence-electron chi connectivity index (χ1n) is 10.1. The number of rotatable bonds is 17. The van der Waals surface area contributed by atoms with Crippen LogP contribution < -0.4 is 0 Å². The third-order valence-electron chi connectivity index (χ3n) is 4.50. The molecule has 0 aliphatic rings. The number of carbonyl (C=O) groups is 4. The average molecular weight is 402 g/mol. The minimum absolute atomic E-state index is 0.0154. The molecule has 0 aliphatic carbocycles. The Balaban J connectivity index is 4.55. The Morgan fingerprint density at radius 3 is 1.71 bits per heavy atom. The lowest BCUT2D eigenvalue weighted by Gasteiger charge is -2.32. The van der Waals surface area contributed by atoms with E-state index in [-0.39, 0.29) is 32.3 Å². The highest BCUT2D eigenvalue weighted by atomic mass is 16.6. The van der Waals surface area contributed by atoms with Crippen molar-refractivity contribution in [2.45, 2.75) is 96.5 Å². The van der Waals surface area contributed by atoms with Gasteiger partial charge in [0.25, 0.3) is 0 Å². The topological polar surface area (TPSA) is 127 Å². The average Bonchev–Trinajstić information content (AvgIpc) is 2.64. The molecular weight excluding hydrogens is 368 g/mol. The fourth-order valence-corrected chi connectivity index (χ4v) is 2.67. The Bertz CT molecular complexity index is 502. The maximum atomic E-state index is 12.2. The van der Waals surface area contributed by atoms with Gasteiger partial charge >= 0.3 is 23.9 Å². The van der Waals surface area contributed by atoms with Crippen LogP contribution in [0.15, 0.2) is 0 Å². The summed E-state index contributed by atoms with van der Waals surface area (Å²) in [6.45, 7) is 3.86. The largest absolute Gasteiger partial charge is 0.481 e. The van der Waals surface area contributed by atoms with Crippen molar-refractivity contribution in [1.29, 1.82) is 0 Å². The molecule has 0 fully saturated rings. The van der Waals surface area contributed by atoms with E-state index in [1.807, 2.05) is 13.8 Å². The van der Waals surface area contributed by atoms with E-state index in [1.165, 1.54) is 0 Å². The van der Waals surface area contributed by atoms with Gasteiger partial charge in [0.1, 0.15) is 12.2 Å². The van der Waals surface area contributed by atoms with E-state index in [0.717, 1.165) is 12.8 Å². The predicted molar refractivity (Wildman–Crippen MR) is 102 cm³/mol. The van der Waals surface area contributed by atoms with Crippen molar-refractivity contribution in [3.8, 4) is 0 Å². The van der Waals surface area contributed by atoms with Crippen molar-refractivity contribution in [2.75, 3.05) is 6.61 Å². The number of ether oxygens (including phenoxy) is 2. The molecule has 0 heterocycles. The summed E-state index contributed by atoms with van der Waals surface area (Å²) in [6, 6.07) is 0. The van der Waals surface area contributed by atoms with E-state index >= 15 is 0 Å². The molecule has 1 unspecified atom stereocenters. The summed E-state index contributed by atoms with van der Waals surface area (Å²) in [5.74, 6) is -2.64. The molecule has 0 radical (unpaired) electrons. The Labute approximate surface area is 166 Å². The molecule has 0 aliphatic heterocycles. The van der Waals surface area contributed by atoms with Gasteiger partial charge in [0.2, 0.25) is 0 Å². The van der Waals surface area contributed by atoms with E-state index in [1.54, 1.807) is 0 Å². The standard InChI is InChI=1S/C20H34O8/c1-3-5-14-20(4-2,28-19(26)13-9-7-11-17(23)24)15-27-18(25)12-8-6-10-16(21)22/h3-15H2,1-2H3,(H,21,22)(H,23,24). The normalized spacial score (nSPS) is 12.8. The highest BCUT2D eigenvalue weighted by molar-refractivity contribution is 5.71. The van der Waals surface area contributed by atoms with Gasteiger partial charge < -0.3 is 19.7 Å². The summed E-state index contributed by atoms with van der Waals surface area (Å²) in [5, 5.41) is 17.2. The molecule has 2 N–H and O–H groups in total. The number of esters is 2. The summed E-state index contributed by atoms with van der Waals surface area (Å²) in [4.78, 5) is 45.1. The van der Waals surface area contributed by atoms with Gasteiger partial charge in [0.05, 0.1) is 0 Å². The van der Waals surface area contributed by atoms with Crippen LogP contribution in [0, 0.1) is 0 Å². The number of hydrogen-bond acceptors (Lipinski definition) is 6. The molecule has 28 heavy (non-hydrogen) atoms. The van der Waals surface area contributed by atoms with E-state index in [2.05, 4.69) is 0 Å². The SMILES string of the molecule is CCCCC(CC)(COC(=O)CCCCC(=O)O)OC(=O)CCCCC(=O)O. The Morgan fingerprint density at radius 2 is 1.25 bits per heavy atom. The molecule has 0 aromatic rings. The zero-order valence-electron chi connectivity index (χ0n) is 17.0. The number of carbonyl (C=O) groups excluding carboxylic acids is 2. The quantitative estimate of drug-likeness (QED) is 0.278. The second kappa shape index (κ2) is 14.9. The van der Waals surface area contributed by atoms with Gasteiger partial charge in [-0.05, 0) is 44.9 Å². The van der Waals surface area contributed by atoms with Crippen molar-refractivity contribution in [1.82, 2.24) is 0 Å². The second-order valence-electron chi connectivity index (χ2n) is 6.98. The summed E-state index contributed by atoms with van der Waals surface area (Å²) in [7, 11) is 0. The van der Waals surface area contributed by atoms with Gasteiger partial charge in [-0.2, -0.15) is 0 Å². The Kier molecular flexibility index (Phi) is 13.8. The van der Waals surface area contributed by atoms with Gasteiger partial charge in [-0.15, -0.1) is 0 Å². The van der Waals surface area contributed by atoms with Crippen LogP contribution in [0.4, 0.5) is 0 Å². The minimum Gasteiger partial charge on any atom is -0.481 e. The molecular formula is C20H34O8. The highest BCUT2D eigenvalue weighted by Crippen LogP contribution is 2.26. The summed E-state index contributed by atoms with van der Waals surface area (Å²) in [6.07, 6.45) is 4.77.